The second-order valence-electron chi connectivity index (χ2n) is 8.78. The largest absolute Gasteiger partial charge is 0.391 e. The first-order chi connectivity index (χ1) is 17.9. The Kier molecular flexibility index (Phi) is 9.65. The summed E-state index contributed by atoms with van der Waals surface area (Å²) in [5, 5.41) is 0. The van der Waals surface area contributed by atoms with E-state index in [-0.39, 0.29) is 42.3 Å². The van der Waals surface area contributed by atoms with Crippen molar-refractivity contribution in [2.75, 3.05) is 6.61 Å². The van der Waals surface area contributed by atoms with Gasteiger partial charge in [0, 0.05) is 6.61 Å². The molecule has 1 saturated heterocycles. The summed E-state index contributed by atoms with van der Waals surface area (Å²) < 4.78 is 65.0. The first kappa shape index (κ1) is 27.2. The van der Waals surface area contributed by atoms with E-state index in [0.717, 1.165) is 0 Å². The van der Waals surface area contributed by atoms with Gasteiger partial charge >= 0.3 is 0 Å². The molecule has 0 aromatic heterocycles. The van der Waals surface area contributed by atoms with Gasteiger partial charge in [0.2, 0.25) is 0 Å². The highest BCUT2D eigenvalue weighted by Gasteiger charge is 2.47. The molecule has 1 aliphatic heterocycles. The van der Waals surface area contributed by atoms with Crippen molar-refractivity contribution < 1.29 is 32.1 Å². The van der Waals surface area contributed by atoms with Gasteiger partial charge < -0.3 is 24.7 Å². The molecule has 3 aromatic rings. The van der Waals surface area contributed by atoms with Gasteiger partial charge in [0.15, 0.2) is 0 Å². The van der Waals surface area contributed by atoms with Crippen LogP contribution in [0.4, 0.5) is 13.2 Å². The van der Waals surface area contributed by atoms with E-state index >= 15 is 0 Å². The van der Waals surface area contributed by atoms with E-state index < -0.39 is 24.4 Å². The third-order valence-corrected chi connectivity index (χ3v) is 6.19. The van der Waals surface area contributed by atoms with E-state index in [1.165, 1.54) is 36.4 Å². The van der Waals surface area contributed by atoms with Crippen LogP contribution in [0.2, 0.25) is 0 Å². The van der Waals surface area contributed by atoms with E-state index in [0.29, 0.717) is 29.7 Å². The molecular formula is C28H28F3NO4S. The summed E-state index contributed by atoms with van der Waals surface area (Å²) in [6, 6.07) is 18.4. The van der Waals surface area contributed by atoms with Crippen molar-refractivity contribution in [3.63, 3.8) is 0 Å². The summed E-state index contributed by atoms with van der Waals surface area (Å²) >= 11 is 5.24. The number of hydrogen-bond acceptors (Lipinski definition) is 5. The first-order valence-electron chi connectivity index (χ1n) is 11.9. The number of hydrogen-bond donors (Lipinski definition) is 1. The third kappa shape index (κ3) is 7.83. The summed E-state index contributed by atoms with van der Waals surface area (Å²) in [6.07, 6.45) is -2.11. The Morgan fingerprint density at radius 3 is 1.73 bits per heavy atom. The van der Waals surface area contributed by atoms with Gasteiger partial charge in [-0.3, -0.25) is 0 Å². The summed E-state index contributed by atoms with van der Waals surface area (Å²) in [4.78, 5) is 0.103. The van der Waals surface area contributed by atoms with Crippen molar-refractivity contribution in [3.05, 3.63) is 107 Å². The SMILES string of the molecule is NC(=S)[C@H]1O[C@H](CCOCc2cccc(F)c2)[C@@H](OCc2cccc(F)c2)[C@H]1OCc1cccc(F)c1. The molecule has 3 aromatic carbocycles. The Morgan fingerprint density at radius 2 is 1.24 bits per heavy atom. The molecule has 1 fully saturated rings. The molecule has 2 N–H and O–H groups in total. The smallest absolute Gasteiger partial charge is 0.136 e. The molecule has 0 radical (unpaired) electrons. The van der Waals surface area contributed by atoms with Crippen LogP contribution in [0.15, 0.2) is 72.8 Å². The zero-order chi connectivity index (χ0) is 26.2. The van der Waals surface area contributed by atoms with E-state index in [9.17, 15) is 13.2 Å². The minimum atomic E-state index is -0.741. The summed E-state index contributed by atoms with van der Waals surface area (Å²) in [7, 11) is 0. The van der Waals surface area contributed by atoms with E-state index in [2.05, 4.69) is 0 Å². The fraction of sp³-hybridized carbons (Fsp3) is 0.321. The minimum absolute atomic E-state index is 0.0908. The van der Waals surface area contributed by atoms with Crippen LogP contribution in [0.25, 0.3) is 0 Å². The van der Waals surface area contributed by atoms with Crippen LogP contribution >= 0.6 is 12.2 Å². The molecule has 9 heteroatoms. The van der Waals surface area contributed by atoms with Crippen LogP contribution in [0.5, 0.6) is 0 Å². The predicted molar refractivity (Wildman–Crippen MR) is 136 cm³/mol. The highest BCUT2D eigenvalue weighted by atomic mass is 32.1. The summed E-state index contributed by atoms with van der Waals surface area (Å²) in [5.41, 5.74) is 7.96. The molecule has 0 unspecified atom stereocenters. The maximum Gasteiger partial charge on any atom is 0.136 e. The van der Waals surface area contributed by atoms with Gasteiger partial charge in [-0.2, -0.15) is 0 Å². The van der Waals surface area contributed by atoms with Crippen molar-refractivity contribution in [2.24, 2.45) is 5.73 Å². The maximum atomic E-state index is 13.7. The Hall–Kier alpha value is -2.82. The molecule has 1 heterocycles. The van der Waals surface area contributed by atoms with Crippen LogP contribution in [-0.2, 0) is 38.8 Å². The van der Waals surface area contributed by atoms with Crippen molar-refractivity contribution in [2.45, 2.75) is 50.7 Å². The van der Waals surface area contributed by atoms with Gasteiger partial charge in [0.05, 0.1) is 25.9 Å². The van der Waals surface area contributed by atoms with Gasteiger partial charge in [-0.1, -0.05) is 48.6 Å². The normalized spacial score (nSPS) is 21.3. The monoisotopic (exact) mass is 531 g/mol. The average Bonchev–Trinajstić information content (AvgIpc) is 3.22. The number of ether oxygens (including phenoxy) is 4. The highest BCUT2D eigenvalue weighted by molar-refractivity contribution is 7.80. The van der Waals surface area contributed by atoms with Crippen molar-refractivity contribution in [1.29, 1.82) is 0 Å². The van der Waals surface area contributed by atoms with Crippen LogP contribution in [0, 0.1) is 17.5 Å². The maximum absolute atomic E-state index is 13.7. The van der Waals surface area contributed by atoms with Gasteiger partial charge in [0.25, 0.3) is 0 Å². The standard InChI is InChI=1S/C28H28F3NO4S/c29-21-7-1-4-18(12-21)15-33-11-10-24-25(34-16-19-5-2-8-22(30)13-19)26(27(36-24)28(32)37)35-17-20-6-3-9-23(31)14-20/h1-9,12-14,24-27H,10-11,15-17H2,(H2,32,37)/t24-,25-,26-,27+/m1/s1. The van der Waals surface area contributed by atoms with E-state index in [1.54, 1.807) is 36.4 Å². The molecule has 0 amide bonds. The second-order valence-corrected chi connectivity index (χ2v) is 9.25. The molecule has 0 aliphatic carbocycles. The Balaban J connectivity index is 1.45. The minimum Gasteiger partial charge on any atom is -0.391 e. The van der Waals surface area contributed by atoms with E-state index in [1.807, 2.05) is 0 Å². The van der Waals surface area contributed by atoms with Crippen LogP contribution < -0.4 is 5.73 Å². The summed E-state index contributed by atoms with van der Waals surface area (Å²) in [5.74, 6) is -1.07. The zero-order valence-electron chi connectivity index (χ0n) is 20.0. The number of nitrogens with two attached hydrogens (primary N) is 1. The summed E-state index contributed by atoms with van der Waals surface area (Å²) in [6.45, 7) is 0.725. The predicted octanol–water partition coefficient (Wildman–Crippen LogP) is 5.23. The van der Waals surface area contributed by atoms with Crippen LogP contribution in [0.1, 0.15) is 23.1 Å². The topological polar surface area (TPSA) is 62.9 Å². The zero-order valence-corrected chi connectivity index (χ0v) is 20.8. The average molecular weight is 532 g/mol. The number of halogens is 3. The molecule has 1 aliphatic rings. The molecule has 4 atom stereocenters. The molecule has 5 nitrogen and oxygen atoms in total. The van der Waals surface area contributed by atoms with Gasteiger partial charge in [-0.05, 0) is 59.5 Å². The number of rotatable bonds is 12. The Morgan fingerprint density at radius 1 is 0.757 bits per heavy atom. The van der Waals surface area contributed by atoms with E-state index in [4.69, 9.17) is 36.9 Å². The molecule has 196 valence electrons. The lowest BCUT2D eigenvalue weighted by molar-refractivity contribution is -0.0790. The first-order valence-corrected chi connectivity index (χ1v) is 12.3. The lowest BCUT2D eigenvalue weighted by Gasteiger charge is -2.25. The molecule has 0 bridgehead atoms. The quantitative estimate of drug-likeness (QED) is 0.255. The number of thiocarbonyl (C=S) groups is 1. The fourth-order valence-corrected chi connectivity index (χ4v) is 4.42. The Bertz CT molecular complexity index is 1200. The van der Waals surface area contributed by atoms with Gasteiger partial charge in [0.1, 0.15) is 40.8 Å². The second kappa shape index (κ2) is 13.1. The molecule has 4 rings (SSSR count). The highest BCUT2D eigenvalue weighted by Crippen LogP contribution is 2.31. The van der Waals surface area contributed by atoms with Gasteiger partial charge in [-0.25, -0.2) is 13.2 Å². The molecule has 37 heavy (non-hydrogen) atoms. The van der Waals surface area contributed by atoms with Crippen LogP contribution in [0.3, 0.4) is 0 Å². The fourth-order valence-electron chi connectivity index (χ4n) is 4.23. The van der Waals surface area contributed by atoms with Crippen molar-refractivity contribution in [3.8, 4) is 0 Å². The van der Waals surface area contributed by atoms with Gasteiger partial charge in [-0.15, -0.1) is 0 Å². The lowest BCUT2D eigenvalue weighted by Crippen LogP contribution is -2.42. The van der Waals surface area contributed by atoms with Crippen molar-refractivity contribution >= 4 is 17.2 Å². The number of benzene rings is 3. The molecule has 0 spiro atoms. The van der Waals surface area contributed by atoms with Crippen LogP contribution in [-0.4, -0.2) is 36.0 Å². The third-order valence-electron chi connectivity index (χ3n) is 5.96. The Labute approximate surface area is 219 Å². The molecule has 0 saturated carbocycles. The molecular weight excluding hydrogens is 503 g/mol. The van der Waals surface area contributed by atoms with Crippen molar-refractivity contribution in [1.82, 2.24) is 0 Å². The lowest BCUT2D eigenvalue weighted by atomic mass is 10.0.